The van der Waals surface area contributed by atoms with E-state index in [0.717, 1.165) is 6.07 Å². The lowest BCUT2D eigenvalue weighted by Gasteiger charge is -2.32. The van der Waals surface area contributed by atoms with Crippen molar-refractivity contribution in [3.8, 4) is 0 Å². The molecule has 0 radical (unpaired) electrons. The summed E-state index contributed by atoms with van der Waals surface area (Å²) in [5, 5.41) is 0. The molecule has 1 saturated heterocycles. The van der Waals surface area contributed by atoms with E-state index in [1.165, 1.54) is 30.7 Å². The summed E-state index contributed by atoms with van der Waals surface area (Å²) in [6.07, 6.45) is -0.517. The fraction of sp³-hybridized carbons (Fsp3) is 0.273. The van der Waals surface area contributed by atoms with Crippen LogP contribution in [0.3, 0.4) is 0 Å². The molecule has 2 aromatic heterocycles. The van der Waals surface area contributed by atoms with Crippen LogP contribution in [0.2, 0.25) is 0 Å². The number of pyridine rings is 1. The van der Waals surface area contributed by atoms with E-state index in [1.807, 2.05) is 0 Å². The Morgan fingerprint density at radius 2 is 1.97 bits per heavy atom. The third-order valence-corrected chi connectivity index (χ3v) is 4.99. The van der Waals surface area contributed by atoms with Crippen molar-refractivity contribution in [1.29, 1.82) is 0 Å². The second-order valence-corrected chi connectivity index (χ2v) is 7.09. The summed E-state index contributed by atoms with van der Waals surface area (Å²) in [6.45, 7) is 0.995. The first-order valence-electron chi connectivity index (χ1n) is 9.69. The molecule has 1 aliphatic heterocycles. The van der Waals surface area contributed by atoms with Crippen molar-refractivity contribution >= 4 is 5.91 Å². The Hall–Kier alpha value is -3.33. The van der Waals surface area contributed by atoms with Gasteiger partial charge < -0.3 is 9.64 Å². The van der Waals surface area contributed by atoms with Gasteiger partial charge in [-0.25, -0.2) is 4.98 Å². The zero-order valence-corrected chi connectivity index (χ0v) is 16.4. The van der Waals surface area contributed by atoms with Crippen LogP contribution >= 0.6 is 0 Å². The largest absolute Gasteiger partial charge is 0.416 e. The molecule has 1 aromatic carbocycles. The molecule has 0 unspecified atom stereocenters. The minimum absolute atomic E-state index is 0.0402. The Bertz CT molecular complexity index is 1060. The molecule has 0 saturated carbocycles. The Morgan fingerprint density at radius 1 is 1.13 bits per heavy atom. The van der Waals surface area contributed by atoms with Crippen molar-refractivity contribution in [3.63, 3.8) is 0 Å². The molecular weight excluding hydrogens is 409 g/mol. The summed E-state index contributed by atoms with van der Waals surface area (Å²) in [4.78, 5) is 26.8. The maximum atomic E-state index is 13.3. The predicted molar refractivity (Wildman–Crippen MR) is 105 cm³/mol. The zero-order valence-electron chi connectivity index (χ0n) is 16.4. The predicted octanol–water partition coefficient (Wildman–Crippen LogP) is 3.69. The van der Waals surface area contributed by atoms with Gasteiger partial charge in [0.1, 0.15) is 11.8 Å². The van der Waals surface area contributed by atoms with Crippen molar-refractivity contribution in [2.75, 3.05) is 19.7 Å². The third kappa shape index (κ3) is 4.88. The van der Waals surface area contributed by atoms with Gasteiger partial charge in [0.2, 0.25) is 0 Å². The van der Waals surface area contributed by atoms with Crippen molar-refractivity contribution in [2.24, 2.45) is 0 Å². The van der Waals surface area contributed by atoms with E-state index >= 15 is 0 Å². The number of morpholine rings is 1. The quantitative estimate of drug-likeness (QED) is 0.634. The smallest absolute Gasteiger partial charge is 0.368 e. The molecule has 0 bridgehead atoms. The molecule has 160 valence electrons. The van der Waals surface area contributed by atoms with E-state index in [-0.39, 0.29) is 30.1 Å². The summed E-state index contributed by atoms with van der Waals surface area (Å²) in [6, 6.07) is 10.6. The Balaban J connectivity index is 1.52. The van der Waals surface area contributed by atoms with Crippen molar-refractivity contribution in [1.82, 2.24) is 19.9 Å². The number of halogens is 3. The van der Waals surface area contributed by atoms with Gasteiger partial charge in [-0.1, -0.05) is 24.3 Å². The first kappa shape index (κ1) is 20.9. The van der Waals surface area contributed by atoms with Crippen LogP contribution in [-0.4, -0.2) is 45.5 Å². The van der Waals surface area contributed by atoms with Gasteiger partial charge in [0.05, 0.1) is 30.6 Å². The monoisotopic (exact) mass is 428 g/mol. The molecule has 6 nitrogen and oxygen atoms in total. The standard InChI is InChI=1S/C22H19F3N4O2/c23-22(24,25)17-6-2-1-4-15(17)12-16-5-3-7-18(28-16)20-14-29(10-11-31-20)21(30)19-13-26-8-9-27-19/h1-9,13,20H,10-12,14H2/t20-/m0/s1. The van der Waals surface area contributed by atoms with Gasteiger partial charge in [-0.3, -0.25) is 14.8 Å². The van der Waals surface area contributed by atoms with Gasteiger partial charge in [0, 0.05) is 31.1 Å². The molecule has 1 atom stereocenters. The number of amides is 1. The minimum Gasteiger partial charge on any atom is -0.368 e. The fourth-order valence-electron chi connectivity index (χ4n) is 3.51. The van der Waals surface area contributed by atoms with Gasteiger partial charge in [0.25, 0.3) is 5.91 Å². The normalized spacial score (nSPS) is 16.9. The van der Waals surface area contributed by atoms with E-state index in [4.69, 9.17) is 4.74 Å². The molecule has 4 rings (SSSR count). The number of carbonyl (C=O) groups excluding carboxylic acids is 1. The first-order valence-corrected chi connectivity index (χ1v) is 9.69. The van der Waals surface area contributed by atoms with Gasteiger partial charge in [0.15, 0.2) is 0 Å². The SMILES string of the molecule is O=C(c1cnccn1)N1CCO[C@H](c2cccc(Cc3ccccc3C(F)(F)F)n2)C1. The Kier molecular flexibility index (Phi) is 5.94. The summed E-state index contributed by atoms with van der Waals surface area (Å²) in [7, 11) is 0. The van der Waals surface area contributed by atoms with E-state index in [1.54, 1.807) is 29.2 Å². The lowest BCUT2D eigenvalue weighted by Crippen LogP contribution is -2.42. The van der Waals surface area contributed by atoms with Crippen LogP contribution in [0.1, 0.15) is 39.1 Å². The highest BCUT2D eigenvalue weighted by Gasteiger charge is 2.33. The van der Waals surface area contributed by atoms with Crippen LogP contribution in [0.15, 0.2) is 61.1 Å². The molecule has 9 heteroatoms. The van der Waals surface area contributed by atoms with E-state index in [0.29, 0.717) is 24.5 Å². The van der Waals surface area contributed by atoms with E-state index in [9.17, 15) is 18.0 Å². The number of alkyl halides is 3. The molecule has 1 aliphatic rings. The maximum Gasteiger partial charge on any atom is 0.416 e. The van der Waals surface area contributed by atoms with E-state index in [2.05, 4.69) is 15.0 Å². The third-order valence-electron chi connectivity index (χ3n) is 4.99. The van der Waals surface area contributed by atoms with Gasteiger partial charge in [-0.15, -0.1) is 0 Å². The number of carbonyl (C=O) groups is 1. The van der Waals surface area contributed by atoms with Crippen LogP contribution in [0, 0.1) is 0 Å². The molecule has 31 heavy (non-hydrogen) atoms. The van der Waals surface area contributed by atoms with Crippen LogP contribution in [-0.2, 0) is 17.3 Å². The van der Waals surface area contributed by atoms with Gasteiger partial charge in [-0.05, 0) is 23.8 Å². The van der Waals surface area contributed by atoms with Crippen molar-refractivity contribution in [2.45, 2.75) is 18.7 Å². The highest BCUT2D eigenvalue weighted by Crippen LogP contribution is 2.33. The molecule has 0 N–H and O–H groups in total. The Morgan fingerprint density at radius 3 is 2.74 bits per heavy atom. The molecule has 3 aromatic rings. The summed E-state index contributed by atoms with van der Waals surface area (Å²) in [5.41, 5.74) is 0.794. The number of nitrogens with zero attached hydrogens (tertiary/aromatic N) is 4. The zero-order chi connectivity index (χ0) is 21.8. The summed E-state index contributed by atoms with van der Waals surface area (Å²) in [5.74, 6) is -0.253. The number of benzene rings is 1. The van der Waals surface area contributed by atoms with Crippen molar-refractivity contribution in [3.05, 3.63) is 89.3 Å². The van der Waals surface area contributed by atoms with Gasteiger partial charge >= 0.3 is 6.18 Å². The lowest BCUT2D eigenvalue weighted by atomic mass is 10.0. The van der Waals surface area contributed by atoms with Crippen LogP contribution in [0.25, 0.3) is 0 Å². The van der Waals surface area contributed by atoms with Crippen LogP contribution in [0.4, 0.5) is 13.2 Å². The first-order chi connectivity index (χ1) is 14.9. The highest BCUT2D eigenvalue weighted by atomic mass is 19.4. The molecule has 0 spiro atoms. The maximum absolute atomic E-state index is 13.3. The number of aromatic nitrogens is 3. The van der Waals surface area contributed by atoms with E-state index < -0.39 is 17.8 Å². The highest BCUT2D eigenvalue weighted by molar-refractivity contribution is 5.92. The number of hydrogen-bond donors (Lipinski definition) is 0. The molecule has 1 fully saturated rings. The molecule has 3 heterocycles. The minimum atomic E-state index is -4.43. The Labute approximate surface area is 176 Å². The lowest BCUT2D eigenvalue weighted by molar-refractivity contribution is -0.138. The molecular formula is C22H19F3N4O2. The van der Waals surface area contributed by atoms with Crippen LogP contribution in [0.5, 0.6) is 0 Å². The number of ether oxygens (including phenoxy) is 1. The average Bonchev–Trinajstić information content (AvgIpc) is 2.79. The number of rotatable bonds is 4. The van der Waals surface area contributed by atoms with Gasteiger partial charge in [-0.2, -0.15) is 13.2 Å². The van der Waals surface area contributed by atoms with Crippen LogP contribution < -0.4 is 0 Å². The topological polar surface area (TPSA) is 68.2 Å². The second-order valence-electron chi connectivity index (χ2n) is 7.09. The molecule has 0 aliphatic carbocycles. The summed E-state index contributed by atoms with van der Waals surface area (Å²) < 4.78 is 45.7. The van der Waals surface area contributed by atoms with Crippen molar-refractivity contribution < 1.29 is 22.7 Å². The second kappa shape index (κ2) is 8.81. The average molecular weight is 428 g/mol. The number of hydrogen-bond acceptors (Lipinski definition) is 5. The molecule has 1 amide bonds. The fourth-order valence-corrected chi connectivity index (χ4v) is 3.51. The summed E-state index contributed by atoms with van der Waals surface area (Å²) >= 11 is 0.